The molecule has 1 aliphatic heterocycles. The van der Waals surface area contributed by atoms with Crippen LogP contribution in [0.15, 0.2) is 64.9 Å². The number of thioether (sulfide) groups is 1. The molecule has 2 amide bonds. The Morgan fingerprint density at radius 1 is 1.03 bits per heavy atom. The summed E-state index contributed by atoms with van der Waals surface area (Å²) in [7, 11) is 0. The number of ether oxygens (including phenoxy) is 1. The molecule has 0 bridgehead atoms. The fourth-order valence-electron chi connectivity index (χ4n) is 3.26. The largest absolute Gasteiger partial charge is 0.426 e. The fraction of sp³-hybridized carbons (Fsp3) is 0.160. The van der Waals surface area contributed by atoms with Crippen molar-refractivity contribution in [3.63, 3.8) is 0 Å². The molecule has 0 spiro atoms. The van der Waals surface area contributed by atoms with Gasteiger partial charge in [-0.2, -0.15) is 0 Å². The van der Waals surface area contributed by atoms with Gasteiger partial charge in [0.05, 0.1) is 11.3 Å². The Morgan fingerprint density at radius 2 is 1.78 bits per heavy atom. The number of nitrogens with zero attached hydrogens (tertiary/aromatic N) is 1. The molecule has 2 aromatic carbocycles. The zero-order chi connectivity index (χ0) is 22.7. The van der Waals surface area contributed by atoms with Crippen molar-refractivity contribution in [3.8, 4) is 16.9 Å². The second-order valence-electron chi connectivity index (χ2n) is 7.42. The second kappa shape index (κ2) is 9.54. The van der Waals surface area contributed by atoms with Gasteiger partial charge in [0.2, 0.25) is 0 Å². The lowest BCUT2D eigenvalue weighted by molar-refractivity contribution is -0.134. The predicted octanol–water partition coefficient (Wildman–Crippen LogP) is 6.06. The van der Waals surface area contributed by atoms with Crippen molar-refractivity contribution in [2.45, 2.75) is 20.3 Å². The first-order chi connectivity index (χ1) is 15.4. The van der Waals surface area contributed by atoms with Crippen LogP contribution in [0.1, 0.15) is 22.4 Å². The van der Waals surface area contributed by atoms with Gasteiger partial charge >= 0.3 is 5.97 Å². The van der Waals surface area contributed by atoms with Gasteiger partial charge in [0.15, 0.2) is 0 Å². The highest BCUT2D eigenvalue weighted by atomic mass is 32.2. The lowest BCUT2D eigenvalue weighted by Gasteiger charge is -2.13. The van der Waals surface area contributed by atoms with Crippen LogP contribution in [-0.4, -0.2) is 28.6 Å². The molecule has 7 heteroatoms. The Balaban J connectivity index is 1.36. The molecule has 32 heavy (non-hydrogen) atoms. The highest BCUT2D eigenvalue weighted by Crippen LogP contribution is 2.33. The Labute approximate surface area is 194 Å². The topological polar surface area (TPSA) is 63.7 Å². The van der Waals surface area contributed by atoms with E-state index in [2.05, 4.69) is 24.3 Å². The average Bonchev–Trinajstić information content (AvgIpc) is 3.37. The van der Waals surface area contributed by atoms with E-state index in [9.17, 15) is 14.4 Å². The molecule has 1 aromatic heterocycles. The maximum atomic E-state index is 12.5. The molecule has 1 fully saturated rings. The zero-order valence-corrected chi connectivity index (χ0v) is 19.3. The standard InChI is InChI=1S/C25H21NO4S2/c1-16-5-7-18(8-6-16)19-9-10-21(17(2)14-19)30-23(27)11-12-26-24(28)22(32-25(26)29)15-20-4-3-13-31-20/h3-10,13-15H,11-12H2,1-2H3/b22-15+. The third-order valence-corrected chi connectivity index (χ3v) is 6.74. The Morgan fingerprint density at radius 3 is 2.47 bits per heavy atom. The van der Waals surface area contributed by atoms with Crippen molar-refractivity contribution in [3.05, 3.63) is 80.9 Å². The van der Waals surface area contributed by atoms with Gasteiger partial charge in [-0.25, -0.2) is 0 Å². The normalized spacial score (nSPS) is 14.9. The van der Waals surface area contributed by atoms with E-state index in [0.29, 0.717) is 10.7 Å². The van der Waals surface area contributed by atoms with E-state index < -0.39 is 5.97 Å². The number of amides is 2. The van der Waals surface area contributed by atoms with Gasteiger partial charge in [-0.3, -0.25) is 19.3 Å². The van der Waals surface area contributed by atoms with Crippen molar-refractivity contribution in [2.24, 2.45) is 0 Å². The molecule has 0 aliphatic carbocycles. The molecule has 0 radical (unpaired) electrons. The third-order valence-electron chi connectivity index (χ3n) is 5.01. The minimum Gasteiger partial charge on any atom is -0.426 e. The Hall–Kier alpha value is -3.16. The minimum absolute atomic E-state index is 0.00816. The first kappa shape index (κ1) is 22.0. The number of rotatable bonds is 6. The summed E-state index contributed by atoms with van der Waals surface area (Å²) >= 11 is 2.38. The van der Waals surface area contributed by atoms with Crippen LogP contribution in [0, 0.1) is 13.8 Å². The van der Waals surface area contributed by atoms with Crippen molar-refractivity contribution < 1.29 is 19.1 Å². The summed E-state index contributed by atoms with van der Waals surface area (Å²) in [5.41, 5.74) is 4.16. The highest BCUT2D eigenvalue weighted by molar-refractivity contribution is 8.18. The smallest absolute Gasteiger partial charge is 0.313 e. The van der Waals surface area contributed by atoms with Gasteiger partial charge in [0, 0.05) is 11.4 Å². The lowest BCUT2D eigenvalue weighted by Crippen LogP contribution is -2.31. The average molecular weight is 464 g/mol. The third kappa shape index (κ3) is 5.00. The van der Waals surface area contributed by atoms with Crippen LogP contribution in [0.25, 0.3) is 17.2 Å². The van der Waals surface area contributed by atoms with Crippen LogP contribution in [0.3, 0.4) is 0 Å². The van der Waals surface area contributed by atoms with Gasteiger partial charge in [0.25, 0.3) is 11.1 Å². The number of imide groups is 1. The van der Waals surface area contributed by atoms with Gasteiger partial charge in [-0.1, -0.05) is 42.0 Å². The summed E-state index contributed by atoms with van der Waals surface area (Å²) in [5, 5.41) is 1.53. The molecule has 0 atom stereocenters. The number of hydrogen-bond donors (Lipinski definition) is 0. The SMILES string of the molecule is Cc1ccc(-c2ccc(OC(=O)CCN3C(=O)S/C(=C/c4cccs4)C3=O)c(C)c2)cc1. The monoisotopic (exact) mass is 463 g/mol. The number of thiophene rings is 1. The molecular formula is C25H21NO4S2. The summed E-state index contributed by atoms with van der Waals surface area (Å²) < 4.78 is 5.49. The molecule has 0 saturated carbocycles. The molecule has 1 saturated heterocycles. The molecule has 162 valence electrons. The Bertz CT molecular complexity index is 1200. The van der Waals surface area contributed by atoms with Crippen LogP contribution in [-0.2, 0) is 9.59 Å². The molecule has 0 unspecified atom stereocenters. The molecule has 0 N–H and O–H groups in total. The zero-order valence-electron chi connectivity index (χ0n) is 17.7. The van der Waals surface area contributed by atoms with E-state index in [0.717, 1.165) is 38.2 Å². The number of carbonyl (C=O) groups is 3. The first-order valence-corrected chi connectivity index (χ1v) is 11.8. The van der Waals surface area contributed by atoms with Crippen LogP contribution in [0.4, 0.5) is 4.79 Å². The van der Waals surface area contributed by atoms with E-state index >= 15 is 0 Å². The van der Waals surface area contributed by atoms with E-state index in [1.165, 1.54) is 16.9 Å². The van der Waals surface area contributed by atoms with Crippen LogP contribution < -0.4 is 4.74 Å². The van der Waals surface area contributed by atoms with Gasteiger partial charge in [-0.15, -0.1) is 11.3 Å². The van der Waals surface area contributed by atoms with Crippen LogP contribution in [0.5, 0.6) is 5.75 Å². The fourth-order valence-corrected chi connectivity index (χ4v) is 4.85. The maximum absolute atomic E-state index is 12.5. The quantitative estimate of drug-likeness (QED) is 0.252. The summed E-state index contributed by atoms with van der Waals surface area (Å²) in [5.74, 6) is -0.394. The summed E-state index contributed by atoms with van der Waals surface area (Å²) in [6.07, 6.45) is 1.64. The maximum Gasteiger partial charge on any atom is 0.313 e. The van der Waals surface area contributed by atoms with Crippen LogP contribution in [0.2, 0.25) is 0 Å². The van der Waals surface area contributed by atoms with E-state index in [1.54, 1.807) is 12.1 Å². The van der Waals surface area contributed by atoms with Crippen molar-refractivity contribution in [2.75, 3.05) is 6.54 Å². The second-order valence-corrected chi connectivity index (χ2v) is 9.39. The van der Waals surface area contributed by atoms with Gasteiger partial charge in [0.1, 0.15) is 5.75 Å². The van der Waals surface area contributed by atoms with Gasteiger partial charge in [-0.05, 0) is 72.0 Å². The summed E-state index contributed by atoms with van der Waals surface area (Å²) in [4.78, 5) is 39.5. The Kier molecular flexibility index (Phi) is 6.58. The molecular weight excluding hydrogens is 442 g/mol. The number of carbonyl (C=O) groups excluding carboxylic acids is 3. The van der Waals surface area contributed by atoms with Crippen molar-refractivity contribution in [1.29, 1.82) is 0 Å². The lowest BCUT2D eigenvalue weighted by atomic mass is 10.0. The number of esters is 1. The predicted molar refractivity (Wildman–Crippen MR) is 129 cm³/mol. The number of aryl methyl sites for hydroxylation is 2. The number of hydrogen-bond acceptors (Lipinski definition) is 6. The van der Waals surface area contributed by atoms with Crippen molar-refractivity contribution >= 4 is 46.3 Å². The molecule has 3 aromatic rings. The summed E-state index contributed by atoms with van der Waals surface area (Å²) in [6.45, 7) is 3.91. The summed E-state index contributed by atoms with van der Waals surface area (Å²) in [6, 6.07) is 17.6. The van der Waals surface area contributed by atoms with E-state index in [-0.39, 0.29) is 24.1 Å². The van der Waals surface area contributed by atoms with E-state index in [4.69, 9.17) is 4.74 Å². The van der Waals surface area contributed by atoms with Crippen molar-refractivity contribution in [1.82, 2.24) is 4.90 Å². The minimum atomic E-state index is -0.488. The molecule has 4 rings (SSSR count). The molecule has 2 heterocycles. The van der Waals surface area contributed by atoms with Gasteiger partial charge < -0.3 is 4.74 Å². The van der Waals surface area contributed by atoms with Crippen LogP contribution >= 0.6 is 23.1 Å². The molecule has 1 aliphatic rings. The molecule has 5 nitrogen and oxygen atoms in total. The van der Waals surface area contributed by atoms with E-state index in [1.807, 2.05) is 43.5 Å². The number of benzene rings is 2. The first-order valence-electron chi connectivity index (χ1n) is 10.1. The highest BCUT2D eigenvalue weighted by Gasteiger charge is 2.35.